The van der Waals surface area contributed by atoms with Gasteiger partial charge in [0.2, 0.25) is 5.91 Å². The molecular formula is C12H19N3O. The van der Waals surface area contributed by atoms with Crippen LogP contribution in [-0.2, 0) is 11.3 Å². The highest BCUT2D eigenvalue weighted by Crippen LogP contribution is 2.11. The Labute approximate surface area is 96.0 Å². The molecule has 0 aromatic carbocycles. The maximum Gasteiger partial charge on any atom is 0.222 e. The topological polar surface area (TPSA) is 48.1 Å². The Hall–Kier alpha value is -1.29. The number of aromatic nitrogens is 1. The van der Waals surface area contributed by atoms with Gasteiger partial charge in [-0.05, 0) is 18.1 Å². The lowest BCUT2D eigenvalue weighted by atomic mass is 10.2. The molecule has 1 saturated heterocycles. The van der Waals surface area contributed by atoms with Crippen molar-refractivity contribution in [3.63, 3.8) is 0 Å². The van der Waals surface area contributed by atoms with Crippen LogP contribution in [0.3, 0.4) is 0 Å². The highest BCUT2D eigenvalue weighted by Gasteiger charge is 2.24. The molecule has 0 radical (unpaired) electrons. The maximum atomic E-state index is 11.5. The van der Waals surface area contributed by atoms with Crippen LogP contribution in [0.15, 0.2) is 18.5 Å². The molecule has 0 saturated carbocycles. The van der Waals surface area contributed by atoms with Gasteiger partial charge in [-0.25, -0.2) is 0 Å². The molecule has 16 heavy (non-hydrogen) atoms. The predicted molar refractivity (Wildman–Crippen MR) is 62.9 cm³/mol. The minimum atomic E-state index is 0.269. The van der Waals surface area contributed by atoms with Crippen molar-refractivity contribution < 1.29 is 4.79 Å². The van der Waals surface area contributed by atoms with Crippen LogP contribution in [-0.4, -0.2) is 34.9 Å². The fourth-order valence-corrected chi connectivity index (χ4v) is 2.11. The lowest BCUT2D eigenvalue weighted by molar-refractivity contribution is -0.129. The van der Waals surface area contributed by atoms with Gasteiger partial charge in [0.05, 0.1) is 0 Å². The maximum absolute atomic E-state index is 11.5. The number of carbonyl (C=O) groups is 1. The number of nitrogens with zero attached hydrogens (tertiary/aromatic N) is 1. The van der Waals surface area contributed by atoms with Crippen molar-refractivity contribution in [2.75, 3.05) is 13.1 Å². The van der Waals surface area contributed by atoms with Gasteiger partial charge in [0, 0.05) is 44.5 Å². The van der Waals surface area contributed by atoms with Crippen LogP contribution in [0.5, 0.6) is 0 Å². The zero-order valence-corrected chi connectivity index (χ0v) is 9.70. The van der Waals surface area contributed by atoms with Gasteiger partial charge in [0.1, 0.15) is 0 Å². The molecule has 1 atom stereocenters. The third-order valence-corrected chi connectivity index (χ3v) is 3.10. The first kappa shape index (κ1) is 11.2. The largest absolute Gasteiger partial charge is 0.367 e. The van der Waals surface area contributed by atoms with Crippen LogP contribution in [0.1, 0.15) is 25.3 Å². The summed E-state index contributed by atoms with van der Waals surface area (Å²) < 4.78 is 0. The molecule has 1 aliphatic heterocycles. The van der Waals surface area contributed by atoms with Gasteiger partial charge in [-0.15, -0.1) is 0 Å². The Morgan fingerprint density at radius 3 is 3.25 bits per heavy atom. The van der Waals surface area contributed by atoms with Crippen LogP contribution in [0.25, 0.3) is 0 Å². The number of nitrogens with one attached hydrogen (secondary N) is 2. The lowest BCUT2D eigenvalue weighted by Crippen LogP contribution is -2.34. The number of aromatic amines is 1. The molecule has 1 fully saturated rings. The summed E-state index contributed by atoms with van der Waals surface area (Å²) in [5, 5.41) is 3.48. The number of rotatable bonds is 4. The number of hydrogen-bond acceptors (Lipinski definition) is 2. The molecular weight excluding hydrogens is 202 g/mol. The summed E-state index contributed by atoms with van der Waals surface area (Å²) in [4.78, 5) is 16.5. The Morgan fingerprint density at radius 2 is 2.56 bits per heavy atom. The molecule has 1 aromatic heterocycles. The first-order chi connectivity index (χ1) is 7.79. The highest BCUT2D eigenvalue weighted by atomic mass is 16.2. The fraction of sp³-hybridized carbons (Fsp3) is 0.583. The van der Waals surface area contributed by atoms with Crippen LogP contribution in [0.4, 0.5) is 0 Å². The minimum absolute atomic E-state index is 0.269. The molecule has 0 aliphatic carbocycles. The third kappa shape index (κ3) is 2.64. The van der Waals surface area contributed by atoms with E-state index in [1.165, 1.54) is 5.56 Å². The second-order valence-corrected chi connectivity index (χ2v) is 4.28. The molecule has 1 aromatic rings. The van der Waals surface area contributed by atoms with Crippen molar-refractivity contribution in [3.8, 4) is 0 Å². The molecule has 88 valence electrons. The fourth-order valence-electron chi connectivity index (χ4n) is 2.11. The molecule has 1 aliphatic rings. The average molecular weight is 221 g/mol. The summed E-state index contributed by atoms with van der Waals surface area (Å²) in [5.41, 5.74) is 1.26. The van der Waals surface area contributed by atoms with Gasteiger partial charge in [-0.3, -0.25) is 4.79 Å². The van der Waals surface area contributed by atoms with Crippen molar-refractivity contribution in [2.45, 2.75) is 32.4 Å². The van der Waals surface area contributed by atoms with E-state index in [0.29, 0.717) is 12.5 Å². The van der Waals surface area contributed by atoms with Crippen molar-refractivity contribution in [1.82, 2.24) is 15.2 Å². The van der Waals surface area contributed by atoms with E-state index in [-0.39, 0.29) is 5.91 Å². The van der Waals surface area contributed by atoms with Crippen molar-refractivity contribution in [3.05, 3.63) is 24.0 Å². The summed E-state index contributed by atoms with van der Waals surface area (Å²) in [6, 6.07) is 2.52. The van der Waals surface area contributed by atoms with E-state index >= 15 is 0 Å². The number of hydrogen-bond donors (Lipinski definition) is 2. The summed E-state index contributed by atoms with van der Waals surface area (Å²) in [5.74, 6) is 0.269. The number of H-pyrrole nitrogens is 1. The first-order valence-electron chi connectivity index (χ1n) is 5.92. The second-order valence-electron chi connectivity index (χ2n) is 4.28. The molecule has 2 heterocycles. The summed E-state index contributed by atoms with van der Waals surface area (Å²) in [7, 11) is 0. The molecule has 4 nitrogen and oxygen atoms in total. The van der Waals surface area contributed by atoms with E-state index < -0.39 is 0 Å². The van der Waals surface area contributed by atoms with Crippen LogP contribution < -0.4 is 5.32 Å². The summed E-state index contributed by atoms with van der Waals surface area (Å²) >= 11 is 0. The average Bonchev–Trinajstić information content (AvgIpc) is 2.96. The molecule has 2 N–H and O–H groups in total. The SMILES string of the molecule is CCC(=O)N1CCC(NCc2cc[nH]c2)C1. The normalized spacial score (nSPS) is 20.3. The van der Waals surface area contributed by atoms with E-state index in [1.54, 1.807) is 0 Å². The molecule has 1 unspecified atom stereocenters. The van der Waals surface area contributed by atoms with Gasteiger partial charge in [0.15, 0.2) is 0 Å². The van der Waals surface area contributed by atoms with Crippen LogP contribution in [0.2, 0.25) is 0 Å². The zero-order chi connectivity index (χ0) is 11.4. The number of carbonyl (C=O) groups excluding carboxylic acids is 1. The Morgan fingerprint density at radius 1 is 1.69 bits per heavy atom. The smallest absolute Gasteiger partial charge is 0.222 e. The van der Waals surface area contributed by atoms with Crippen LogP contribution >= 0.6 is 0 Å². The summed E-state index contributed by atoms with van der Waals surface area (Å²) in [6.45, 7) is 4.56. The van der Waals surface area contributed by atoms with E-state index in [1.807, 2.05) is 24.2 Å². The second kappa shape index (κ2) is 5.16. The Balaban J connectivity index is 1.75. The standard InChI is InChI=1S/C12H19N3O/c1-2-12(16)15-6-4-11(9-15)14-8-10-3-5-13-7-10/h3,5,7,11,13-14H,2,4,6,8-9H2,1H3. The molecule has 2 rings (SSSR count). The van der Waals surface area contributed by atoms with Gasteiger partial charge in [0.25, 0.3) is 0 Å². The monoisotopic (exact) mass is 221 g/mol. The highest BCUT2D eigenvalue weighted by molar-refractivity contribution is 5.76. The van der Waals surface area contributed by atoms with Gasteiger partial charge in [-0.2, -0.15) is 0 Å². The predicted octanol–water partition coefficient (Wildman–Crippen LogP) is 1.12. The first-order valence-corrected chi connectivity index (χ1v) is 5.92. The minimum Gasteiger partial charge on any atom is -0.367 e. The molecule has 0 spiro atoms. The number of amides is 1. The van der Waals surface area contributed by atoms with E-state index in [0.717, 1.165) is 26.1 Å². The lowest BCUT2D eigenvalue weighted by Gasteiger charge is -2.16. The third-order valence-electron chi connectivity index (χ3n) is 3.10. The molecule has 1 amide bonds. The van der Waals surface area contributed by atoms with Crippen molar-refractivity contribution in [2.24, 2.45) is 0 Å². The van der Waals surface area contributed by atoms with E-state index in [4.69, 9.17) is 0 Å². The molecule has 0 bridgehead atoms. The van der Waals surface area contributed by atoms with Crippen molar-refractivity contribution in [1.29, 1.82) is 0 Å². The van der Waals surface area contributed by atoms with Gasteiger partial charge in [-0.1, -0.05) is 6.92 Å². The quantitative estimate of drug-likeness (QED) is 0.800. The van der Waals surface area contributed by atoms with Crippen molar-refractivity contribution >= 4 is 5.91 Å². The zero-order valence-electron chi connectivity index (χ0n) is 9.70. The Kier molecular flexibility index (Phi) is 3.62. The van der Waals surface area contributed by atoms with Crippen LogP contribution in [0, 0.1) is 0 Å². The van der Waals surface area contributed by atoms with E-state index in [9.17, 15) is 4.79 Å². The van der Waals surface area contributed by atoms with E-state index in [2.05, 4.69) is 16.4 Å². The number of likely N-dealkylation sites (tertiary alicyclic amines) is 1. The Bertz CT molecular complexity index is 334. The van der Waals surface area contributed by atoms with Gasteiger partial charge < -0.3 is 15.2 Å². The van der Waals surface area contributed by atoms with Gasteiger partial charge >= 0.3 is 0 Å². The molecule has 4 heteroatoms. The summed E-state index contributed by atoms with van der Waals surface area (Å²) in [6.07, 6.45) is 5.61.